The Kier molecular flexibility index (Phi) is 6.73. The normalized spacial score (nSPS) is 12.8. The van der Waals surface area contributed by atoms with Crippen molar-refractivity contribution in [3.63, 3.8) is 0 Å². The number of methoxy groups -OCH3 is 1. The molecule has 2 rings (SSSR count). The molecule has 136 valence electrons. The molecule has 0 saturated heterocycles. The maximum atomic E-state index is 12.2. The zero-order chi connectivity index (χ0) is 18.4. The molecule has 0 radical (unpaired) electrons. The third-order valence-electron chi connectivity index (χ3n) is 3.85. The van der Waals surface area contributed by atoms with Crippen LogP contribution < -0.4 is 10.1 Å². The fourth-order valence-corrected chi connectivity index (χ4v) is 3.51. The van der Waals surface area contributed by atoms with Crippen LogP contribution in [-0.2, 0) is 4.79 Å². The molecule has 2 aromatic rings. The SMILES string of the molecule is COc1ccc2cc([C@H](C)C(=O)NCCC[Se]C(F)(F)F)ccc2c1. The van der Waals surface area contributed by atoms with Gasteiger partial charge in [-0.2, -0.15) is 0 Å². The van der Waals surface area contributed by atoms with E-state index in [2.05, 4.69) is 5.32 Å². The summed E-state index contributed by atoms with van der Waals surface area (Å²) < 4.78 is 41.5. The number of hydrogen-bond acceptors (Lipinski definition) is 2. The van der Waals surface area contributed by atoms with Gasteiger partial charge in [0.1, 0.15) is 0 Å². The molecular weight excluding hydrogens is 398 g/mol. The van der Waals surface area contributed by atoms with Crippen LogP contribution in [0, 0.1) is 0 Å². The van der Waals surface area contributed by atoms with Gasteiger partial charge in [0.05, 0.1) is 7.11 Å². The molecule has 1 N–H and O–H groups in total. The fraction of sp³-hybridized carbons (Fsp3) is 0.389. The van der Waals surface area contributed by atoms with Gasteiger partial charge in [0.2, 0.25) is 0 Å². The summed E-state index contributed by atoms with van der Waals surface area (Å²) in [7, 11) is 1.61. The minimum absolute atomic E-state index is 0.0863. The molecule has 0 aliphatic carbocycles. The number of hydrogen-bond donors (Lipinski definition) is 1. The quantitative estimate of drug-likeness (QED) is 0.543. The summed E-state index contributed by atoms with van der Waals surface area (Å²) in [5.41, 5.74) is 0.870. The summed E-state index contributed by atoms with van der Waals surface area (Å²) in [4.78, 5) is 12.2. The molecule has 0 aliphatic heterocycles. The average molecular weight is 418 g/mol. The summed E-state index contributed by atoms with van der Waals surface area (Å²) in [6.45, 7) is 2.06. The number of alkyl halides is 3. The van der Waals surface area contributed by atoms with E-state index < -0.39 is 20.0 Å². The van der Waals surface area contributed by atoms with Crippen LogP contribution in [0.15, 0.2) is 36.4 Å². The predicted octanol–water partition coefficient (Wildman–Crippen LogP) is 4.10. The molecule has 0 saturated carbocycles. The summed E-state index contributed by atoms with van der Waals surface area (Å²) in [5, 5.41) is 0.756. The van der Waals surface area contributed by atoms with Crippen molar-refractivity contribution >= 4 is 31.6 Å². The van der Waals surface area contributed by atoms with E-state index >= 15 is 0 Å². The van der Waals surface area contributed by atoms with Gasteiger partial charge >= 0.3 is 139 Å². The maximum absolute atomic E-state index is 12.2. The first kappa shape index (κ1) is 19.6. The van der Waals surface area contributed by atoms with Gasteiger partial charge in [0.15, 0.2) is 0 Å². The van der Waals surface area contributed by atoms with Crippen molar-refractivity contribution in [3.8, 4) is 5.75 Å². The first-order valence-corrected chi connectivity index (χ1v) is 9.93. The molecule has 1 atom stereocenters. The van der Waals surface area contributed by atoms with Crippen molar-refractivity contribution in [1.82, 2.24) is 5.32 Å². The van der Waals surface area contributed by atoms with E-state index in [-0.39, 0.29) is 23.7 Å². The molecule has 0 bridgehead atoms. The Balaban J connectivity index is 1.91. The van der Waals surface area contributed by atoms with Crippen LogP contribution in [0.3, 0.4) is 0 Å². The molecule has 25 heavy (non-hydrogen) atoms. The summed E-state index contributed by atoms with van der Waals surface area (Å²) in [6, 6.07) is 11.5. The summed E-state index contributed by atoms with van der Waals surface area (Å²) >= 11 is -1.37. The standard InChI is InChI=1S/C18H20F3NO2Se/c1-12(17(23)22-8-3-9-25-18(19,20)21)13-4-5-15-11-16(24-2)7-6-14(15)10-13/h4-7,10-12H,3,8-9H2,1-2H3,(H,22,23)/t12-/m0/s1. The zero-order valence-electron chi connectivity index (χ0n) is 14.0. The first-order chi connectivity index (χ1) is 11.8. The van der Waals surface area contributed by atoms with E-state index in [1.807, 2.05) is 36.4 Å². The van der Waals surface area contributed by atoms with Gasteiger partial charge in [-0.15, -0.1) is 0 Å². The molecule has 0 aromatic heterocycles. The Labute approximate surface area is 151 Å². The minimum atomic E-state index is -4.07. The number of fused-ring (bicyclic) bond motifs is 1. The Morgan fingerprint density at radius 2 is 1.88 bits per heavy atom. The van der Waals surface area contributed by atoms with Crippen LogP contribution in [-0.4, -0.2) is 39.6 Å². The number of ether oxygens (including phenoxy) is 1. The van der Waals surface area contributed by atoms with E-state index in [4.69, 9.17) is 4.74 Å². The summed E-state index contributed by atoms with van der Waals surface area (Å²) in [6.07, 6.45) is 0.343. The molecule has 2 aromatic carbocycles. The van der Waals surface area contributed by atoms with E-state index in [1.165, 1.54) is 0 Å². The predicted molar refractivity (Wildman–Crippen MR) is 93.2 cm³/mol. The molecule has 3 nitrogen and oxygen atoms in total. The van der Waals surface area contributed by atoms with Gasteiger partial charge < -0.3 is 4.74 Å². The molecule has 0 aliphatic rings. The number of carbonyl (C=O) groups excluding carboxylic acids is 1. The van der Waals surface area contributed by atoms with Gasteiger partial charge in [-0.05, 0) is 0 Å². The van der Waals surface area contributed by atoms with E-state index in [0.717, 1.165) is 22.1 Å². The van der Waals surface area contributed by atoms with Gasteiger partial charge in [-0.25, -0.2) is 0 Å². The number of amides is 1. The number of benzene rings is 2. The van der Waals surface area contributed by atoms with Crippen LogP contribution >= 0.6 is 0 Å². The van der Waals surface area contributed by atoms with Crippen molar-refractivity contribution in [2.75, 3.05) is 13.7 Å². The van der Waals surface area contributed by atoms with E-state index in [1.54, 1.807) is 14.0 Å². The average Bonchev–Trinajstić information content (AvgIpc) is 2.58. The van der Waals surface area contributed by atoms with Crippen LogP contribution in [0.1, 0.15) is 24.8 Å². The van der Waals surface area contributed by atoms with E-state index in [9.17, 15) is 18.0 Å². The Bertz CT molecular complexity index is 734. The molecule has 7 heteroatoms. The van der Waals surface area contributed by atoms with Crippen LogP contribution in [0.5, 0.6) is 5.75 Å². The van der Waals surface area contributed by atoms with Crippen molar-refractivity contribution < 1.29 is 22.7 Å². The van der Waals surface area contributed by atoms with Gasteiger partial charge in [0.25, 0.3) is 0 Å². The first-order valence-electron chi connectivity index (χ1n) is 7.86. The zero-order valence-corrected chi connectivity index (χ0v) is 15.7. The van der Waals surface area contributed by atoms with Gasteiger partial charge in [-0.1, -0.05) is 0 Å². The van der Waals surface area contributed by atoms with Crippen molar-refractivity contribution in [2.45, 2.75) is 29.7 Å². The van der Waals surface area contributed by atoms with Crippen molar-refractivity contribution in [3.05, 3.63) is 42.0 Å². The van der Waals surface area contributed by atoms with Crippen molar-refractivity contribution in [2.24, 2.45) is 0 Å². The van der Waals surface area contributed by atoms with Gasteiger partial charge in [-0.3, -0.25) is 0 Å². The van der Waals surface area contributed by atoms with Crippen LogP contribution in [0.25, 0.3) is 10.8 Å². The Morgan fingerprint density at radius 1 is 1.20 bits per heavy atom. The fourth-order valence-electron chi connectivity index (χ4n) is 2.41. The number of rotatable bonds is 7. The third kappa shape index (κ3) is 5.94. The monoisotopic (exact) mass is 419 g/mol. The molecule has 0 unspecified atom stereocenters. The number of carbonyl (C=O) groups is 1. The Hall–Kier alpha value is -1.72. The molecule has 0 fully saturated rings. The van der Waals surface area contributed by atoms with Crippen LogP contribution in [0.4, 0.5) is 13.2 Å². The Morgan fingerprint density at radius 3 is 2.56 bits per heavy atom. The van der Waals surface area contributed by atoms with Crippen LogP contribution in [0.2, 0.25) is 5.32 Å². The second kappa shape index (κ2) is 8.59. The van der Waals surface area contributed by atoms with E-state index in [0.29, 0.717) is 6.42 Å². The number of nitrogens with one attached hydrogen (secondary N) is 1. The van der Waals surface area contributed by atoms with Gasteiger partial charge in [0, 0.05) is 0 Å². The summed E-state index contributed by atoms with van der Waals surface area (Å²) in [5.74, 6) is 0.235. The third-order valence-corrected chi connectivity index (χ3v) is 5.57. The molecule has 0 heterocycles. The van der Waals surface area contributed by atoms with Crippen molar-refractivity contribution in [1.29, 1.82) is 0 Å². The second-order valence-electron chi connectivity index (χ2n) is 5.63. The topological polar surface area (TPSA) is 38.3 Å². The number of halogens is 3. The molecular formula is C18H20F3NO2Se. The second-order valence-corrected chi connectivity index (χ2v) is 8.07. The molecule has 1 amide bonds. The molecule has 0 spiro atoms.